The summed E-state index contributed by atoms with van der Waals surface area (Å²) in [5, 5.41) is 11.6. The molecule has 0 aliphatic heterocycles. The molecule has 1 aromatic carbocycles. The number of hydrogen-bond acceptors (Lipinski definition) is 2. The standard InChI is InChI=1S/C12H13IN2O/c1-2-5-9(8-14)12(16)15-11-7-4-3-6-10(11)13/h3-4,6-7,9H,2,5H2,1H3,(H,15,16). The van der Waals surface area contributed by atoms with E-state index in [0.717, 1.165) is 15.7 Å². The summed E-state index contributed by atoms with van der Waals surface area (Å²) >= 11 is 2.15. The first-order chi connectivity index (χ1) is 7.69. The van der Waals surface area contributed by atoms with Gasteiger partial charge < -0.3 is 5.32 Å². The van der Waals surface area contributed by atoms with Gasteiger partial charge in [-0.1, -0.05) is 25.5 Å². The molecule has 1 aromatic rings. The van der Waals surface area contributed by atoms with E-state index in [1.807, 2.05) is 37.3 Å². The van der Waals surface area contributed by atoms with Crippen molar-refractivity contribution in [2.75, 3.05) is 5.32 Å². The first-order valence-corrected chi connectivity index (χ1v) is 6.22. The molecule has 0 bridgehead atoms. The first kappa shape index (κ1) is 13.0. The molecule has 0 fully saturated rings. The van der Waals surface area contributed by atoms with Crippen LogP contribution in [-0.2, 0) is 4.79 Å². The van der Waals surface area contributed by atoms with E-state index in [4.69, 9.17) is 5.26 Å². The van der Waals surface area contributed by atoms with Crippen LogP contribution in [0.25, 0.3) is 0 Å². The smallest absolute Gasteiger partial charge is 0.241 e. The van der Waals surface area contributed by atoms with Gasteiger partial charge in [0.1, 0.15) is 5.92 Å². The Hall–Kier alpha value is -1.09. The monoisotopic (exact) mass is 328 g/mol. The second-order valence-corrected chi connectivity index (χ2v) is 4.60. The molecule has 16 heavy (non-hydrogen) atoms. The number of carbonyl (C=O) groups is 1. The van der Waals surface area contributed by atoms with Crippen LogP contribution in [-0.4, -0.2) is 5.91 Å². The lowest BCUT2D eigenvalue weighted by Crippen LogP contribution is -2.21. The SMILES string of the molecule is CCCC(C#N)C(=O)Nc1ccccc1I. The van der Waals surface area contributed by atoms with Gasteiger partial charge in [-0.3, -0.25) is 4.79 Å². The van der Waals surface area contributed by atoms with Crippen LogP contribution in [0.2, 0.25) is 0 Å². The zero-order valence-corrected chi connectivity index (χ0v) is 11.2. The molecule has 1 atom stereocenters. The number of nitriles is 1. The Morgan fingerprint density at radius 1 is 1.56 bits per heavy atom. The molecular formula is C12H13IN2O. The number of hydrogen-bond donors (Lipinski definition) is 1. The van der Waals surface area contributed by atoms with Crippen molar-refractivity contribution in [1.29, 1.82) is 5.26 Å². The van der Waals surface area contributed by atoms with E-state index in [1.165, 1.54) is 0 Å². The lowest BCUT2D eigenvalue weighted by atomic mass is 10.0. The average Bonchev–Trinajstić information content (AvgIpc) is 2.29. The Labute approximate surface area is 109 Å². The molecule has 0 aliphatic rings. The van der Waals surface area contributed by atoms with Crippen molar-refractivity contribution in [3.63, 3.8) is 0 Å². The predicted octanol–water partition coefficient (Wildman–Crippen LogP) is 3.17. The zero-order chi connectivity index (χ0) is 12.0. The van der Waals surface area contributed by atoms with Crippen LogP contribution in [0.3, 0.4) is 0 Å². The van der Waals surface area contributed by atoms with Crippen LogP contribution in [0.1, 0.15) is 19.8 Å². The number of amides is 1. The molecule has 84 valence electrons. The Morgan fingerprint density at radius 2 is 2.25 bits per heavy atom. The van der Waals surface area contributed by atoms with E-state index < -0.39 is 5.92 Å². The number of nitrogens with one attached hydrogen (secondary N) is 1. The molecular weight excluding hydrogens is 315 g/mol. The average molecular weight is 328 g/mol. The maximum Gasteiger partial charge on any atom is 0.241 e. The van der Waals surface area contributed by atoms with Crippen LogP contribution < -0.4 is 5.32 Å². The van der Waals surface area contributed by atoms with Gasteiger partial charge in [0.25, 0.3) is 0 Å². The van der Waals surface area contributed by atoms with Crippen LogP contribution in [0.15, 0.2) is 24.3 Å². The van der Waals surface area contributed by atoms with E-state index in [9.17, 15) is 4.79 Å². The largest absolute Gasteiger partial charge is 0.324 e. The van der Waals surface area contributed by atoms with Crippen molar-refractivity contribution in [2.24, 2.45) is 5.92 Å². The molecule has 0 heterocycles. The highest BCUT2D eigenvalue weighted by atomic mass is 127. The number of para-hydroxylation sites is 1. The number of carbonyl (C=O) groups excluding carboxylic acids is 1. The van der Waals surface area contributed by atoms with E-state index in [2.05, 4.69) is 27.9 Å². The Balaban J connectivity index is 2.71. The van der Waals surface area contributed by atoms with E-state index in [-0.39, 0.29) is 5.91 Å². The van der Waals surface area contributed by atoms with Crippen molar-refractivity contribution in [3.8, 4) is 6.07 Å². The molecule has 1 unspecified atom stereocenters. The third-order valence-electron chi connectivity index (χ3n) is 2.18. The summed E-state index contributed by atoms with van der Waals surface area (Å²) in [4.78, 5) is 11.7. The van der Waals surface area contributed by atoms with Gasteiger partial charge in [0, 0.05) is 3.57 Å². The molecule has 1 rings (SSSR count). The normalized spacial score (nSPS) is 11.6. The molecule has 0 radical (unpaired) electrons. The first-order valence-electron chi connectivity index (χ1n) is 5.14. The fraction of sp³-hybridized carbons (Fsp3) is 0.333. The fourth-order valence-electron chi connectivity index (χ4n) is 1.33. The molecule has 3 nitrogen and oxygen atoms in total. The molecule has 0 saturated carbocycles. The Kier molecular flexibility index (Phi) is 5.26. The summed E-state index contributed by atoms with van der Waals surface area (Å²) in [6.45, 7) is 1.96. The quantitative estimate of drug-likeness (QED) is 0.863. The lowest BCUT2D eigenvalue weighted by molar-refractivity contribution is -0.118. The summed E-state index contributed by atoms with van der Waals surface area (Å²) in [5.74, 6) is -0.769. The molecule has 1 N–H and O–H groups in total. The Bertz CT molecular complexity index is 412. The molecule has 1 amide bonds. The molecule has 0 saturated heterocycles. The molecule has 0 spiro atoms. The maximum atomic E-state index is 11.7. The van der Waals surface area contributed by atoms with Gasteiger partial charge in [-0.15, -0.1) is 0 Å². The van der Waals surface area contributed by atoms with Crippen LogP contribution in [0.5, 0.6) is 0 Å². The van der Waals surface area contributed by atoms with E-state index in [1.54, 1.807) is 0 Å². The second kappa shape index (κ2) is 6.48. The predicted molar refractivity (Wildman–Crippen MR) is 71.8 cm³/mol. The van der Waals surface area contributed by atoms with Crippen molar-refractivity contribution in [2.45, 2.75) is 19.8 Å². The minimum Gasteiger partial charge on any atom is -0.324 e. The van der Waals surface area contributed by atoms with Crippen molar-refractivity contribution in [3.05, 3.63) is 27.8 Å². The molecule has 0 aromatic heterocycles. The van der Waals surface area contributed by atoms with Gasteiger partial charge in [0.2, 0.25) is 5.91 Å². The van der Waals surface area contributed by atoms with Crippen LogP contribution >= 0.6 is 22.6 Å². The van der Waals surface area contributed by atoms with E-state index >= 15 is 0 Å². The molecule has 4 heteroatoms. The summed E-state index contributed by atoms with van der Waals surface area (Å²) in [6.07, 6.45) is 1.43. The van der Waals surface area contributed by atoms with Crippen LogP contribution in [0.4, 0.5) is 5.69 Å². The van der Waals surface area contributed by atoms with Crippen molar-refractivity contribution in [1.82, 2.24) is 0 Å². The minimum atomic E-state index is -0.555. The number of nitrogens with zero attached hydrogens (tertiary/aromatic N) is 1. The summed E-state index contributed by atoms with van der Waals surface area (Å²) in [7, 11) is 0. The van der Waals surface area contributed by atoms with Gasteiger partial charge in [-0.25, -0.2) is 0 Å². The topological polar surface area (TPSA) is 52.9 Å². The highest BCUT2D eigenvalue weighted by Gasteiger charge is 2.17. The van der Waals surface area contributed by atoms with Gasteiger partial charge in [-0.05, 0) is 41.1 Å². The minimum absolute atomic E-state index is 0.214. The second-order valence-electron chi connectivity index (χ2n) is 3.44. The van der Waals surface area contributed by atoms with E-state index in [0.29, 0.717) is 6.42 Å². The lowest BCUT2D eigenvalue weighted by Gasteiger charge is -2.10. The van der Waals surface area contributed by atoms with Crippen molar-refractivity contribution < 1.29 is 4.79 Å². The Morgan fingerprint density at radius 3 is 2.81 bits per heavy atom. The maximum absolute atomic E-state index is 11.7. The summed E-state index contributed by atoms with van der Waals surface area (Å²) in [5.41, 5.74) is 0.768. The van der Waals surface area contributed by atoms with Gasteiger partial charge in [-0.2, -0.15) is 5.26 Å². The highest BCUT2D eigenvalue weighted by molar-refractivity contribution is 14.1. The van der Waals surface area contributed by atoms with Crippen LogP contribution in [0, 0.1) is 20.8 Å². The zero-order valence-electron chi connectivity index (χ0n) is 9.03. The summed E-state index contributed by atoms with van der Waals surface area (Å²) < 4.78 is 0.974. The third-order valence-corrected chi connectivity index (χ3v) is 3.12. The number of anilines is 1. The highest BCUT2D eigenvalue weighted by Crippen LogP contribution is 2.18. The van der Waals surface area contributed by atoms with Gasteiger partial charge >= 0.3 is 0 Å². The van der Waals surface area contributed by atoms with Crippen molar-refractivity contribution >= 4 is 34.2 Å². The number of halogens is 1. The molecule has 0 aliphatic carbocycles. The fourth-order valence-corrected chi connectivity index (χ4v) is 1.85. The third kappa shape index (κ3) is 3.49. The number of rotatable bonds is 4. The summed E-state index contributed by atoms with van der Waals surface area (Å²) in [6, 6.07) is 9.54. The van der Waals surface area contributed by atoms with Gasteiger partial charge in [0.05, 0.1) is 11.8 Å². The van der Waals surface area contributed by atoms with Gasteiger partial charge in [0.15, 0.2) is 0 Å². The number of benzene rings is 1.